The van der Waals surface area contributed by atoms with Gasteiger partial charge in [0.2, 0.25) is 5.91 Å². The molecule has 2 aromatic rings. The molecular formula is C23H27N3OS. The summed E-state index contributed by atoms with van der Waals surface area (Å²) in [4.78, 5) is 17.5. The molecule has 4 nitrogen and oxygen atoms in total. The Morgan fingerprint density at radius 1 is 1.04 bits per heavy atom. The normalized spacial score (nSPS) is 17.2. The van der Waals surface area contributed by atoms with E-state index in [1.807, 2.05) is 6.07 Å². The number of hydrogen-bond acceptors (Lipinski definition) is 4. The lowest BCUT2D eigenvalue weighted by Crippen LogP contribution is -2.47. The molecule has 146 valence electrons. The number of benzene rings is 2. The van der Waals surface area contributed by atoms with Gasteiger partial charge in [0, 0.05) is 55.4 Å². The molecule has 0 atom stereocenters. The molecule has 28 heavy (non-hydrogen) atoms. The van der Waals surface area contributed by atoms with Crippen LogP contribution in [0.3, 0.4) is 0 Å². The van der Waals surface area contributed by atoms with E-state index in [0.29, 0.717) is 6.42 Å². The molecule has 4 rings (SSSR count). The molecule has 0 radical (unpaired) electrons. The lowest BCUT2D eigenvalue weighted by molar-refractivity contribution is -0.116. The number of piperazine rings is 1. The van der Waals surface area contributed by atoms with Crippen LogP contribution in [0.2, 0.25) is 0 Å². The predicted octanol–water partition coefficient (Wildman–Crippen LogP) is 3.81. The third-order valence-corrected chi connectivity index (χ3v) is 6.19. The van der Waals surface area contributed by atoms with Gasteiger partial charge < -0.3 is 10.2 Å². The van der Waals surface area contributed by atoms with Crippen molar-refractivity contribution in [1.29, 1.82) is 0 Å². The first-order valence-corrected chi connectivity index (χ1v) is 10.5. The van der Waals surface area contributed by atoms with E-state index in [2.05, 4.69) is 58.4 Å². The van der Waals surface area contributed by atoms with Crippen molar-refractivity contribution in [3.05, 3.63) is 59.2 Å². The number of nitrogens with one attached hydrogen (secondary N) is 1. The number of thiocarbonyl (C=S) groups is 1. The molecule has 1 fully saturated rings. The van der Waals surface area contributed by atoms with E-state index in [1.165, 1.54) is 22.4 Å². The first kappa shape index (κ1) is 19.1. The summed E-state index contributed by atoms with van der Waals surface area (Å²) in [6.45, 7) is 7.31. The van der Waals surface area contributed by atoms with Gasteiger partial charge in [-0.3, -0.25) is 9.69 Å². The van der Waals surface area contributed by atoms with E-state index in [-0.39, 0.29) is 5.91 Å². The average molecular weight is 394 g/mol. The SMILES string of the molecule is Cc1ccc(C(=S)CCN2CCN(c3ccc4c(c3)CCC(=O)N4)CC2)cc1. The maximum Gasteiger partial charge on any atom is 0.224 e. The summed E-state index contributed by atoms with van der Waals surface area (Å²) in [5.74, 6) is 0.123. The Balaban J connectivity index is 1.28. The van der Waals surface area contributed by atoms with E-state index >= 15 is 0 Å². The Labute approximate surface area is 172 Å². The fourth-order valence-electron chi connectivity index (χ4n) is 3.94. The van der Waals surface area contributed by atoms with E-state index in [9.17, 15) is 4.79 Å². The van der Waals surface area contributed by atoms with Crippen molar-refractivity contribution in [3.63, 3.8) is 0 Å². The topological polar surface area (TPSA) is 35.6 Å². The quantitative estimate of drug-likeness (QED) is 0.619. The largest absolute Gasteiger partial charge is 0.369 e. The second-order valence-corrected chi connectivity index (χ2v) is 8.25. The number of fused-ring (bicyclic) bond motifs is 1. The van der Waals surface area contributed by atoms with Gasteiger partial charge in [-0.25, -0.2) is 0 Å². The van der Waals surface area contributed by atoms with Gasteiger partial charge in [-0.15, -0.1) is 0 Å². The molecule has 2 aliphatic heterocycles. The number of amides is 1. The van der Waals surface area contributed by atoms with Crippen LogP contribution in [0.25, 0.3) is 0 Å². The minimum absolute atomic E-state index is 0.123. The number of nitrogens with zero attached hydrogens (tertiary/aromatic N) is 2. The van der Waals surface area contributed by atoms with Crippen LogP contribution >= 0.6 is 12.2 Å². The fraction of sp³-hybridized carbons (Fsp3) is 0.391. The summed E-state index contributed by atoms with van der Waals surface area (Å²) in [7, 11) is 0. The summed E-state index contributed by atoms with van der Waals surface area (Å²) < 4.78 is 0. The Morgan fingerprint density at radius 3 is 2.54 bits per heavy atom. The third-order valence-electron chi connectivity index (χ3n) is 5.75. The van der Waals surface area contributed by atoms with E-state index < -0.39 is 0 Å². The molecule has 2 aliphatic rings. The van der Waals surface area contributed by atoms with Gasteiger partial charge in [-0.2, -0.15) is 0 Å². The first-order valence-electron chi connectivity index (χ1n) is 10.1. The number of carbonyl (C=O) groups is 1. The van der Waals surface area contributed by atoms with Crippen molar-refractivity contribution in [2.75, 3.05) is 42.9 Å². The fourth-order valence-corrected chi connectivity index (χ4v) is 4.17. The molecule has 0 saturated carbocycles. The molecule has 2 heterocycles. The molecule has 0 spiro atoms. The van der Waals surface area contributed by atoms with Crippen LogP contribution in [0.1, 0.15) is 29.5 Å². The second kappa shape index (κ2) is 8.41. The first-order chi connectivity index (χ1) is 13.6. The molecule has 0 aliphatic carbocycles. The maximum atomic E-state index is 11.5. The van der Waals surface area contributed by atoms with Crippen LogP contribution in [0.5, 0.6) is 0 Å². The zero-order valence-electron chi connectivity index (χ0n) is 16.4. The van der Waals surface area contributed by atoms with Crippen LogP contribution in [0.15, 0.2) is 42.5 Å². The van der Waals surface area contributed by atoms with Crippen molar-refractivity contribution in [3.8, 4) is 0 Å². The molecule has 1 N–H and O–H groups in total. The lowest BCUT2D eigenvalue weighted by atomic mass is 10.0. The summed E-state index contributed by atoms with van der Waals surface area (Å²) in [5, 5.41) is 2.96. The smallest absolute Gasteiger partial charge is 0.224 e. The Bertz CT molecular complexity index is 870. The average Bonchev–Trinajstić information content (AvgIpc) is 2.72. The zero-order valence-corrected chi connectivity index (χ0v) is 17.2. The third kappa shape index (κ3) is 4.42. The highest BCUT2D eigenvalue weighted by Gasteiger charge is 2.20. The van der Waals surface area contributed by atoms with Crippen molar-refractivity contribution < 1.29 is 4.79 Å². The van der Waals surface area contributed by atoms with Crippen LogP contribution in [0, 0.1) is 6.92 Å². The van der Waals surface area contributed by atoms with E-state index in [1.54, 1.807) is 0 Å². The highest BCUT2D eigenvalue weighted by atomic mass is 32.1. The second-order valence-electron chi connectivity index (χ2n) is 7.76. The number of aryl methyl sites for hydroxylation is 2. The summed E-state index contributed by atoms with van der Waals surface area (Å²) in [6.07, 6.45) is 2.37. The monoisotopic (exact) mass is 393 g/mol. The molecule has 2 aromatic carbocycles. The van der Waals surface area contributed by atoms with Crippen molar-refractivity contribution in [2.24, 2.45) is 0 Å². The molecule has 0 aromatic heterocycles. The Morgan fingerprint density at radius 2 is 1.79 bits per heavy atom. The minimum atomic E-state index is 0.123. The van der Waals surface area contributed by atoms with Crippen LogP contribution < -0.4 is 10.2 Å². The van der Waals surface area contributed by atoms with Crippen LogP contribution in [0.4, 0.5) is 11.4 Å². The van der Waals surface area contributed by atoms with Crippen molar-refractivity contribution in [1.82, 2.24) is 4.90 Å². The summed E-state index contributed by atoms with van der Waals surface area (Å²) >= 11 is 5.63. The number of rotatable bonds is 5. The lowest BCUT2D eigenvalue weighted by Gasteiger charge is -2.36. The van der Waals surface area contributed by atoms with Gasteiger partial charge in [0.1, 0.15) is 0 Å². The molecule has 5 heteroatoms. The number of hydrogen-bond donors (Lipinski definition) is 1. The van der Waals surface area contributed by atoms with Gasteiger partial charge in [0.15, 0.2) is 0 Å². The highest BCUT2D eigenvalue weighted by Crippen LogP contribution is 2.28. The van der Waals surface area contributed by atoms with Crippen LogP contribution in [-0.4, -0.2) is 48.4 Å². The Kier molecular flexibility index (Phi) is 5.74. The molecule has 0 unspecified atom stereocenters. The highest BCUT2D eigenvalue weighted by molar-refractivity contribution is 7.80. The van der Waals surface area contributed by atoms with Crippen LogP contribution in [-0.2, 0) is 11.2 Å². The van der Waals surface area contributed by atoms with Gasteiger partial charge in [0.25, 0.3) is 0 Å². The predicted molar refractivity (Wildman–Crippen MR) is 120 cm³/mol. The van der Waals surface area contributed by atoms with Gasteiger partial charge in [-0.05, 0) is 49.1 Å². The van der Waals surface area contributed by atoms with E-state index in [4.69, 9.17) is 12.2 Å². The Hall–Kier alpha value is -2.24. The van der Waals surface area contributed by atoms with Gasteiger partial charge in [0.05, 0.1) is 0 Å². The molecule has 1 saturated heterocycles. The van der Waals surface area contributed by atoms with Crippen molar-refractivity contribution in [2.45, 2.75) is 26.2 Å². The maximum absolute atomic E-state index is 11.5. The summed E-state index contributed by atoms with van der Waals surface area (Å²) in [5.41, 5.74) is 5.95. The van der Waals surface area contributed by atoms with Gasteiger partial charge >= 0.3 is 0 Å². The molecule has 1 amide bonds. The zero-order chi connectivity index (χ0) is 19.5. The van der Waals surface area contributed by atoms with Crippen molar-refractivity contribution >= 4 is 34.4 Å². The molecular weight excluding hydrogens is 366 g/mol. The number of anilines is 2. The molecule has 0 bridgehead atoms. The van der Waals surface area contributed by atoms with Gasteiger partial charge in [-0.1, -0.05) is 42.0 Å². The number of carbonyl (C=O) groups excluding carboxylic acids is 1. The van der Waals surface area contributed by atoms with E-state index in [0.717, 1.165) is 56.1 Å². The minimum Gasteiger partial charge on any atom is -0.369 e. The summed E-state index contributed by atoms with van der Waals surface area (Å²) in [6, 6.07) is 15.0. The standard InChI is InChI=1S/C23H27N3OS/c1-17-2-4-18(5-3-17)22(28)10-11-25-12-14-26(15-13-25)20-7-8-21-19(16-20)6-9-23(27)24-21/h2-5,7-8,16H,6,9-15H2,1H3,(H,24,27).